The number of aryl methyl sites for hydroxylation is 2. The third-order valence-corrected chi connectivity index (χ3v) is 2.15. The van der Waals surface area contributed by atoms with E-state index in [2.05, 4.69) is 10.1 Å². The van der Waals surface area contributed by atoms with E-state index in [0.717, 1.165) is 11.4 Å². The molecule has 2 aromatic heterocycles. The second-order valence-corrected chi connectivity index (χ2v) is 3.31. The average molecular weight is 212 g/mol. The number of alkyl halides is 1. The maximum Gasteiger partial charge on any atom is 0.209 e. The molecular formula is C9H10ClN3O. The maximum atomic E-state index is 5.59. The van der Waals surface area contributed by atoms with E-state index < -0.39 is 0 Å². The van der Waals surface area contributed by atoms with Gasteiger partial charge in [0.05, 0.1) is 17.8 Å². The van der Waals surface area contributed by atoms with Crippen molar-refractivity contribution in [1.82, 2.24) is 14.8 Å². The number of hydrogen-bond acceptors (Lipinski definition) is 3. The van der Waals surface area contributed by atoms with Crippen LogP contribution in [0.25, 0.3) is 11.5 Å². The Labute approximate surface area is 86.5 Å². The molecule has 4 nitrogen and oxygen atoms in total. The zero-order valence-corrected chi connectivity index (χ0v) is 8.75. The summed E-state index contributed by atoms with van der Waals surface area (Å²) in [6.07, 6.45) is 1.66. The first-order valence-electron chi connectivity index (χ1n) is 4.22. The van der Waals surface area contributed by atoms with Crippen LogP contribution in [0.2, 0.25) is 0 Å². The van der Waals surface area contributed by atoms with E-state index in [-0.39, 0.29) is 5.88 Å². The molecule has 2 rings (SSSR count). The van der Waals surface area contributed by atoms with Gasteiger partial charge in [-0.25, -0.2) is 4.98 Å². The summed E-state index contributed by atoms with van der Waals surface area (Å²) in [5.41, 5.74) is 1.86. The van der Waals surface area contributed by atoms with Gasteiger partial charge in [-0.1, -0.05) is 0 Å². The molecule has 0 radical (unpaired) electrons. The van der Waals surface area contributed by atoms with Crippen LogP contribution in [0.5, 0.6) is 0 Å². The molecule has 0 fully saturated rings. The molecule has 0 unspecified atom stereocenters. The molecule has 2 heterocycles. The third-order valence-electron chi connectivity index (χ3n) is 1.92. The molecule has 0 saturated carbocycles. The summed E-state index contributed by atoms with van der Waals surface area (Å²) < 4.78 is 7.17. The van der Waals surface area contributed by atoms with Gasteiger partial charge in [-0.3, -0.25) is 4.68 Å². The summed E-state index contributed by atoms with van der Waals surface area (Å²) in [6, 6.07) is 1.94. The second-order valence-electron chi connectivity index (χ2n) is 3.05. The largest absolute Gasteiger partial charge is 0.438 e. The van der Waals surface area contributed by atoms with Crippen LogP contribution in [-0.4, -0.2) is 14.8 Å². The summed E-state index contributed by atoms with van der Waals surface area (Å²) in [6.45, 7) is 1.93. The van der Waals surface area contributed by atoms with Gasteiger partial charge < -0.3 is 4.42 Å². The molecule has 0 spiro atoms. The van der Waals surface area contributed by atoms with Crippen LogP contribution < -0.4 is 0 Å². The SMILES string of the molecule is Cc1cc(-c2cnc(CCl)o2)n(C)n1. The molecule has 0 aliphatic rings. The Hall–Kier alpha value is -1.29. The van der Waals surface area contributed by atoms with Gasteiger partial charge in [0.15, 0.2) is 5.76 Å². The molecule has 0 saturated heterocycles. The van der Waals surface area contributed by atoms with Crippen molar-refractivity contribution in [1.29, 1.82) is 0 Å². The first kappa shape index (κ1) is 9.27. The van der Waals surface area contributed by atoms with Gasteiger partial charge in [-0.05, 0) is 13.0 Å². The van der Waals surface area contributed by atoms with Crippen molar-refractivity contribution in [2.24, 2.45) is 7.05 Å². The van der Waals surface area contributed by atoms with Crippen molar-refractivity contribution in [3.8, 4) is 11.5 Å². The lowest BCUT2D eigenvalue weighted by Crippen LogP contribution is -1.92. The molecule has 14 heavy (non-hydrogen) atoms. The van der Waals surface area contributed by atoms with Crippen molar-refractivity contribution in [2.75, 3.05) is 0 Å². The first-order chi connectivity index (χ1) is 6.70. The fourth-order valence-electron chi connectivity index (χ4n) is 1.33. The maximum absolute atomic E-state index is 5.59. The molecule has 74 valence electrons. The average Bonchev–Trinajstić information content (AvgIpc) is 2.71. The lowest BCUT2D eigenvalue weighted by molar-refractivity contribution is 0.523. The molecule has 0 aliphatic heterocycles. The van der Waals surface area contributed by atoms with Crippen LogP contribution in [0.4, 0.5) is 0 Å². The van der Waals surface area contributed by atoms with Crippen LogP contribution >= 0.6 is 11.6 Å². The molecule has 0 aliphatic carbocycles. The highest BCUT2D eigenvalue weighted by Gasteiger charge is 2.10. The van der Waals surface area contributed by atoms with Crippen molar-refractivity contribution in [3.63, 3.8) is 0 Å². The minimum absolute atomic E-state index is 0.289. The van der Waals surface area contributed by atoms with Crippen LogP contribution in [0.15, 0.2) is 16.7 Å². The van der Waals surface area contributed by atoms with Gasteiger partial charge >= 0.3 is 0 Å². The number of oxazole rings is 1. The summed E-state index contributed by atoms with van der Waals surface area (Å²) in [5, 5.41) is 4.22. The number of hydrogen-bond donors (Lipinski definition) is 0. The Bertz CT molecular complexity index is 447. The first-order valence-corrected chi connectivity index (χ1v) is 4.76. The highest BCUT2D eigenvalue weighted by molar-refractivity contribution is 6.16. The Morgan fingerprint density at radius 1 is 1.57 bits per heavy atom. The molecule has 5 heteroatoms. The van der Waals surface area contributed by atoms with E-state index in [1.54, 1.807) is 10.9 Å². The molecule has 0 aromatic carbocycles. The molecule has 2 aromatic rings. The minimum atomic E-state index is 0.289. The Balaban J connectivity index is 2.43. The molecule has 0 N–H and O–H groups in total. The molecule has 0 amide bonds. The third kappa shape index (κ3) is 1.53. The lowest BCUT2D eigenvalue weighted by Gasteiger charge is -1.94. The van der Waals surface area contributed by atoms with E-state index in [4.69, 9.17) is 16.0 Å². The van der Waals surface area contributed by atoms with Gasteiger partial charge in [0, 0.05) is 7.05 Å². The van der Waals surface area contributed by atoms with Crippen molar-refractivity contribution in [3.05, 3.63) is 23.8 Å². The van der Waals surface area contributed by atoms with E-state index in [0.29, 0.717) is 11.7 Å². The lowest BCUT2D eigenvalue weighted by atomic mass is 10.3. The van der Waals surface area contributed by atoms with Crippen molar-refractivity contribution < 1.29 is 4.42 Å². The summed E-state index contributed by atoms with van der Waals surface area (Å²) >= 11 is 5.59. The standard InChI is InChI=1S/C9H10ClN3O/c1-6-3-7(13(2)12-6)8-5-11-9(4-10)14-8/h3,5H,4H2,1-2H3. The van der Waals surface area contributed by atoms with Gasteiger partial charge in [-0.15, -0.1) is 11.6 Å². The van der Waals surface area contributed by atoms with Gasteiger partial charge in [-0.2, -0.15) is 5.10 Å². The molecule has 0 atom stereocenters. The molecule has 0 bridgehead atoms. The summed E-state index contributed by atoms with van der Waals surface area (Å²) in [4.78, 5) is 4.02. The second kappa shape index (κ2) is 3.46. The predicted octanol–water partition coefficient (Wildman–Crippen LogP) is 2.12. The van der Waals surface area contributed by atoms with Gasteiger partial charge in [0.2, 0.25) is 5.89 Å². The zero-order valence-electron chi connectivity index (χ0n) is 7.99. The normalized spacial score (nSPS) is 10.8. The van der Waals surface area contributed by atoms with E-state index in [1.807, 2.05) is 20.0 Å². The predicted molar refractivity (Wildman–Crippen MR) is 53.0 cm³/mol. The zero-order chi connectivity index (χ0) is 10.1. The van der Waals surface area contributed by atoms with Gasteiger partial charge in [0.25, 0.3) is 0 Å². The van der Waals surface area contributed by atoms with Crippen LogP contribution in [0.3, 0.4) is 0 Å². The Morgan fingerprint density at radius 2 is 2.36 bits per heavy atom. The Morgan fingerprint density at radius 3 is 2.86 bits per heavy atom. The van der Waals surface area contributed by atoms with E-state index >= 15 is 0 Å². The quantitative estimate of drug-likeness (QED) is 0.715. The highest BCUT2D eigenvalue weighted by atomic mass is 35.5. The number of halogens is 1. The Kier molecular flexibility index (Phi) is 2.29. The summed E-state index contributed by atoms with van der Waals surface area (Å²) in [7, 11) is 1.87. The van der Waals surface area contributed by atoms with Crippen molar-refractivity contribution >= 4 is 11.6 Å². The van der Waals surface area contributed by atoms with Crippen LogP contribution in [-0.2, 0) is 12.9 Å². The van der Waals surface area contributed by atoms with Gasteiger partial charge in [0.1, 0.15) is 5.69 Å². The minimum Gasteiger partial charge on any atom is -0.438 e. The number of nitrogens with zero attached hydrogens (tertiary/aromatic N) is 3. The van der Waals surface area contributed by atoms with E-state index in [9.17, 15) is 0 Å². The van der Waals surface area contributed by atoms with E-state index in [1.165, 1.54) is 0 Å². The number of aromatic nitrogens is 3. The monoisotopic (exact) mass is 211 g/mol. The highest BCUT2D eigenvalue weighted by Crippen LogP contribution is 2.21. The fourth-order valence-corrected chi connectivity index (χ4v) is 1.46. The summed E-state index contributed by atoms with van der Waals surface area (Å²) in [5.74, 6) is 1.51. The smallest absolute Gasteiger partial charge is 0.209 e. The fraction of sp³-hybridized carbons (Fsp3) is 0.333. The topological polar surface area (TPSA) is 43.9 Å². The van der Waals surface area contributed by atoms with Crippen molar-refractivity contribution in [2.45, 2.75) is 12.8 Å². The van der Waals surface area contributed by atoms with Crippen LogP contribution in [0, 0.1) is 6.92 Å². The van der Waals surface area contributed by atoms with Crippen LogP contribution in [0.1, 0.15) is 11.6 Å². The molecular weight excluding hydrogens is 202 g/mol. The number of rotatable bonds is 2.